The third-order valence-electron chi connectivity index (χ3n) is 5.09. The van der Waals surface area contributed by atoms with Crippen molar-refractivity contribution in [3.63, 3.8) is 0 Å². The molecule has 1 N–H and O–H groups in total. The number of halogens is 1. The van der Waals surface area contributed by atoms with E-state index in [9.17, 15) is 0 Å². The lowest BCUT2D eigenvalue weighted by Gasteiger charge is -2.27. The molecule has 0 saturated carbocycles. The van der Waals surface area contributed by atoms with Crippen molar-refractivity contribution in [2.45, 2.75) is 103 Å². The maximum atomic E-state index is 3.71. The Kier molecular flexibility index (Phi) is 15.4. The minimum atomic E-state index is 0. The van der Waals surface area contributed by atoms with Crippen molar-refractivity contribution in [3.05, 3.63) is 35.9 Å². The quantitative estimate of drug-likeness (QED) is 0.314. The SMILES string of the molecule is CCCCCCCCCCCCCCNC(C)(C)c1ccccc1.Cl. The van der Waals surface area contributed by atoms with Crippen molar-refractivity contribution >= 4 is 12.4 Å². The van der Waals surface area contributed by atoms with Crippen LogP contribution >= 0.6 is 12.4 Å². The highest BCUT2D eigenvalue weighted by Gasteiger charge is 2.18. The monoisotopic (exact) mass is 367 g/mol. The summed E-state index contributed by atoms with van der Waals surface area (Å²) in [7, 11) is 0. The van der Waals surface area contributed by atoms with Gasteiger partial charge in [-0.15, -0.1) is 12.4 Å². The normalized spacial score (nSPS) is 11.3. The number of benzene rings is 1. The average Bonchev–Trinajstić information content (AvgIpc) is 2.60. The van der Waals surface area contributed by atoms with Crippen molar-refractivity contribution in [2.24, 2.45) is 0 Å². The molecule has 0 atom stereocenters. The number of nitrogens with one attached hydrogen (secondary N) is 1. The third kappa shape index (κ3) is 12.5. The van der Waals surface area contributed by atoms with Crippen LogP contribution in [-0.4, -0.2) is 6.54 Å². The van der Waals surface area contributed by atoms with Gasteiger partial charge in [-0.2, -0.15) is 0 Å². The first kappa shape index (κ1) is 24.5. The Morgan fingerprint density at radius 1 is 0.680 bits per heavy atom. The number of hydrogen-bond acceptors (Lipinski definition) is 1. The van der Waals surface area contributed by atoms with Crippen molar-refractivity contribution in [1.82, 2.24) is 5.32 Å². The first-order chi connectivity index (χ1) is 11.7. The predicted octanol–water partition coefficient (Wildman–Crippen LogP) is 7.63. The summed E-state index contributed by atoms with van der Waals surface area (Å²) < 4.78 is 0. The molecule has 1 aromatic carbocycles. The predicted molar refractivity (Wildman–Crippen MR) is 116 cm³/mol. The molecule has 25 heavy (non-hydrogen) atoms. The summed E-state index contributed by atoms with van der Waals surface area (Å²) in [6.45, 7) is 7.98. The van der Waals surface area contributed by atoms with E-state index in [0.29, 0.717) is 0 Å². The van der Waals surface area contributed by atoms with Gasteiger partial charge < -0.3 is 5.32 Å². The van der Waals surface area contributed by atoms with Crippen LogP contribution in [0.15, 0.2) is 30.3 Å². The summed E-state index contributed by atoms with van der Waals surface area (Å²) in [5.41, 5.74) is 1.46. The lowest BCUT2D eigenvalue weighted by molar-refractivity contribution is 0.394. The minimum Gasteiger partial charge on any atom is -0.308 e. The third-order valence-corrected chi connectivity index (χ3v) is 5.09. The van der Waals surface area contributed by atoms with E-state index in [1.165, 1.54) is 82.6 Å². The van der Waals surface area contributed by atoms with Crippen LogP contribution in [0.25, 0.3) is 0 Å². The maximum absolute atomic E-state index is 3.71. The van der Waals surface area contributed by atoms with E-state index < -0.39 is 0 Å². The van der Waals surface area contributed by atoms with Gasteiger partial charge in [-0.25, -0.2) is 0 Å². The van der Waals surface area contributed by atoms with E-state index in [2.05, 4.69) is 56.4 Å². The second kappa shape index (κ2) is 15.7. The zero-order valence-corrected chi connectivity index (χ0v) is 17.8. The molecule has 0 fully saturated rings. The molecule has 0 unspecified atom stereocenters. The molecule has 0 bridgehead atoms. The highest BCUT2D eigenvalue weighted by atomic mass is 35.5. The Morgan fingerprint density at radius 2 is 1.12 bits per heavy atom. The Balaban J connectivity index is 0.00000576. The number of unbranched alkanes of at least 4 members (excludes halogenated alkanes) is 11. The van der Waals surface area contributed by atoms with Gasteiger partial charge in [0.2, 0.25) is 0 Å². The van der Waals surface area contributed by atoms with Crippen molar-refractivity contribution in [3.8, 4) is 0 Å². The summed E-state index contributed by atoms with van der Waals surface area (Å²) in [5.74, 6) is 0. The Hall–Kier alpha value is -0.530. The van der Waals surface area contributed by atoms with Crippen LogP contribution in [0.1, 0.15) is 103 Å². The van der Waals surface area contributed by atoms with E-state index in [1.54, 1.807) is 0 Å². The van der Waals surface area contributed by atoms with Crippen LogP contribution in [0.3, 0.4) is 0 Å². The van der Waals surface area contributed by atoms with Crippen molar-refractivity contribution in [2.75, 3.05) is 6.54 Å². The second-order valence-corrected chi connectivity index (χ2v) is 7.81. The molecule has 0 amide bonds. The molecular formula is C23H42ClN. The highest BCUT2D eigenvalue weighted by molar-refractivity contribution is 5.85. The molecule has 1 rings (SSSR count). The van der Waals surface area contributed by atoms with Crippen LogP contribution in [-0.2, 0) is 5.54 Å². The fourth-order valence-electron chi connectivity index (χ4n) is 3.32. The number of hydrogen-bond donors (Lipinski definition) is 1. The van der Waals surface area contributed by atoms with Gasteiger partial charge in [0.25, 0.3) is 0 Å². The fraction of sp³-hybridized carbons (Fsp3) is 0.739. The first-order valence-electron chi connectivity index (χ1n) is 10.5. The van der Waals surface area contributed by atoms with Crippen LogP contribution in [0, 0.1) is 0 Å². The summed E-state index contributed by atoms with van der Waals surface area (Å²) >= 11 is 0. The lowest BCUT2D eigenvalue weighted by Crippen LogP contribution is -2.37. The molecule has 2 heteroatoms. The van der Waals surface area contributed by atoms with Crippen molar-refractivity contribution < 1.29 is 0 Å². The van der Waals surface area contributed by atoms with Gasteiger partial charge in [-0.3, -0.25) is 0 Å². The molecule has 0 heterocycles. The molecular weight excluding hydrogens is 326 g/mol. The molecule has 1 aromatic rings. The molecule has 0 spiro atoms. The Labute approximate surface area is 163 Å². The van der Waals surface area contributed by atoms with Gasteiger partial charge in [0, 0.05) is 5.54 Å². The van der Waals surface area contributed by atoms with E-state index >= 15 is 0 Å². The topological polar surface area (TPSA) is 12.0 Å². The summed E-state index contributed by atoms with van der Waals surface area (Å²) in [5, 5.41) is 3.71. The molecule has 1 nitrogen and oxygen atoms in total. The van der Waals surface area contributed by atoms with Gasteiger partial charge in [0.05, 0.1) is 0 Å². The number of rotatable bonds is 15. The van der Waals surface area contributed by atoms with Gasteiger partial charge in [-0.1, -0.05) is 108 Å². The zero-order chi connectivity index (χ0) is 17.5. The van der Waals surface area contributed by atoms with Gasteiger partial charge >= 0.3 is 0 Å². The first-order valence-corrected chi connectivity index (χ1v) is 10.5. The zero-order valence-electron chi connectivity index (χ0n) is 17.0. The fourth-order valence-corrected chi connectivity index (χ4v) is 3.32. The maximum Gasteiger partial charge on any atom is 0.0377 e. The highest BCUT2D eigenvalue weighted by Crippen LogP contribution is 2.19. The second-order valence-electron chi connectivity index (χ2n) is 7.81. The molecule has 0 radical (unpaired) electrons. The molecule has 0 saturated heterocycles. The Bertz CT molecular complexity index is 388. The minimum absolute atomic E-state index is 0. The van der Waals surface area contributed by atoms with Crippen LogP contribution in [0.2, 0.25) is 0 Å². The van der Waals surface area contributed by atoms with Crippen LogP contribution < -0.4 is 5.32 Å². The largest absolute Gasteiger partial charge is 0.308 e. The van der Waals surface area contributed by atoms with E-state index in [4.69, 9.17) is 0 Å². The van der Waals surface area contributed by atoms with Gasteiger partial charge in [-0.05, 0) is 32.4 Å². The summed E-state index contributed by atoms with van der Waals surface area (Å²) in [4.78, 5) is 0. The molecule has 146 valence electrons. The van der Waals surface area contributed by atoms with Gasteiger partial charge in [0.1, 0.15) is 0 Å². The molecule has 0 aliphatic carbocycles. The van der Waals surface area contributed by atoms with Crippen LogP contribution in [0.5, 0.6) is 0 Å². The Morgan fingerprint density at radius 3 is 1.60 bits per heavy atom. The molecule has 0 aliphatic rings. The summed E-state index contributed by atoms with van der Waals surface area (Å²) in [6, 6.07) is 10.8. The average molecular weight is 368 g/mol. The smallest absolute Gasteiger partial charge is 0.0377 e. The van der Waals surface area contributed by atoms with E-state index in [0.717, 1.165) is 6.54 Å². The van der Waals surface area contributed by atoms with E-state index in [1.807, 2.05) is 0 Å². The lowest BCUT2D eigenvalue weighted by atomic mass is 9.94. The molecule has 0 aliphatic heterocycles. The molecule has 0 aromatic heterocycles. The summed E-state index contributed by atoms with van der Waals surface area (Å²) in [6.07, 6.45) is 17.0. The van der Waals surface area contributed by atoms with Gasteiger partial charge in [0.15, 0.2) is 0 Å². The van der Waals surface area contributed by atoms with E-state index in [-0.39, 0.29) is 17.9 Å². The standard InChI is InChI=1S/C23H41N.ClH/c1-4-5-6-7-8-9-10-11-12-13-14-18-21-24-23(2,3)22-19-16-15-17-20-22;/h15-17,19-20,24H,4-14,18,21H2,1-3H3;1H. The van der Waals surface area contributed by atoms with Crippen molar-refractivity contribution in [1.29, 1.82) is 0 Å². The van der Waals surface area contributed by atoms with Crippen LogP contribution in [0.4, 0.5) is 0 Å².